The largest absolute Gasteiger partial charge is 0.264 e. The quantitative estimate of drug-likeness (QED) is 0.572. The van der Waals surface area contributed by atoms with Gasteiger partial charge in [0.15, 0.2) is 0 Å². The van der Waals surface area contributed by atoms with Crippen LogP contribution in [0.15, 0.2) is 55.0 Å². The molecular weight excluding hydrogens is 303 g/mol. The summed E-state index contributed by atoms with van der Waals surface area (Å²) in [6, 6.07) is 12.6. The molecule has 2 nitrogen and oxygen atoms in total. The molecule has 3 aromatic rings. The molecule has 0 N–H and O–H groups in total. The Balaban J connectivity index is 0.000000240. The SMILES string of the molecule is CC(C)c1cncc(C(C)C)c1.CCc1cnc2ccccc2c1.[B]. The van der Waals surface area contributed by atoms with Crippen molar-refractivity contribution >= 4 is 19.3 Å². The van der Waals surface area contributed by atoms with Crippen molar-refractivity contribution in [2.24, 2.45) is 0 Å². The second kappa shape index (κ2) is 9.98. The van der Waals surface area contributed by atoms with Crippen molar-refractivity contribution in [3.05, 3.63) is 71.7 Å². The van der Waals surface area contributed by atoms with Crippen LogP contribution in [-0.4, -0.2) is 18.4 Å². The van der Waals surface area contributed by atoms with Crippen molar-refractivity contribution in [1.29, 1.82) is 0 Å². The van der Waals surface area contributed by atoms with Crippen molar-refractivity contribution in [3.8, 4) is 0 Å². The van der Waals surface area contributed by atoms with Crippen LogP contribution in [0.2, 0.25) is 0 Å². The predicted molar refractivity (Wildman–Crippen MR) is 109 cm³/mol. The summed E-state index contributed by atoms with van der Waals surface area (Å²) in [7, 11) is 0. The van der Waals surface area contributed by atoms with Gasteiger partial charge in [-0.15, -0.1) is 0 Å². The van der Waals surface area contributed by atoms with Gasteiger partial charge in [-0.2, -0.15) is 0 Å². The van der Waals surface area contributed by atoms with Gasteiger partial charge in [0.25, 0.3) is 0 Å². The van der Waals surface area contributed by atoms with Crippen molar-refractivity contribution in [1.82, 2.24) is 9.97 Å². The van der Waals surface area contributed by atoms with E-state index in [1.165, 1.54) is 22.1 Å². The number of fused-ring (bicyclic) bond motifs is 1. The molecule has 25 heavy (non-hydrogen) atoms. The number of hydrogen-bond acceptors (Lipinski definition) is 2. The molecule has 3 radical (unpaired) electrons. The maximum absolute atomic E-state index is 4.35. The van der Waals surface area contributed by atoms with E-state index in [9.17, 15) is 0 Å². The number of para-hydroxylation sites is 1. The highest BCUT2D eigenvalue weighted by Gasteiger charge is 2.03. The van der Waals surface area contributed by atoms with Crippen LogP contribution in [0.1, 0.15) is 63.1 Å². The van der Waals surface area contributed by atoms with Crippen LogP contribution in [-0.2, 0) is 6.42 Å². The molecule has 0 saturated heterocycles. The summed E-state index contributed by atoms with van der Waals surface area (Å²) in [5.74, 6) is 1.16. The molecule has 2 heterocycles. The van der Waals surface area contributed by atoms with Crippen molar-refractivity contribution in [2.75, 3.05) is 0 Å². The first-order chi connectivity index (χ1) is 11.5. The third-order valence-electron chi connectivity index (χ3n) is 4.17. The number of nitrogens with zero attached hydrogens (tertiary/aromatic N) is 2. The van der Waals surface area contributed by atoms with Crippen LogP contribution in [0.25, 0.3) is 10.9 Å². The zero-order valence-corrected chi connectivity index (χ0v) is 16.0. The minimum absolute atomic E-state index is 0. The van der Waals surface area contributed by atoms with Gasteiger partial charge in [0.2, 0.25) is 0 Å². The lowest BCUT2D eigenvalue weighted by atomic mass is 9.99. The summed E-state index contributed by atoms with van der Waals surface area (Å²) in [6.07, 6.45) is 6.91. The first-order valence-corrected chi connectivity index (χ1v) is 8.79. The smallest absolute Gasteiger partial charge is 0.0702 e. The highest BCUT2D eigenvalue weighted by atomic mass is 14.6. The van der Waals surface area contributed by atoms with E-state index < -0.39 is 0 Å². The van der Waals surface area contributed by atoms with E-state index in [0.29, 0.717) is 11.8 Å². The van der Waals surface area contributed by atoms with Gasteiger partial charge < -0.3 is 0 Å². The van der Waals surface area contributed by atoms with Crippen molar-refractivity contribution in [3.63, 3.8) is 0 Å². The van der Waals surface area contributed by atoms with Crippen molar-refractivity contribution in [2.45, 2.75) is 52.9 Å². The van der Waals surface area contributed by atoms with Crippen LogP contribution in [0.4, 0.5) is 0 Å². The van der Waals surface area contributed by atoms with Gasteiger partial charge in [-0.3, -0.25) is 9.97 Å². The summed E-state index contributed by atoms with van der Waals surface area (Å²) in [4.78, 5) is 8.58. The van der Waals surface area contributed by atoms with E-state index in [4.69, 9.17) is 0 Å². The first-order valence-electron chi connectivity index (χ1n) is 8.79. The summed E-state index contributed by atoms with van der Waals surface area (Å²) < 4.78 is 0. The minimum atomic E-state index is 0. The third kappa shape index (κ3) is 6.01. The van der Waals surface area contributed by atoms with Crippen LogP contribution >= 0.6 is 0 Å². The van der Waals surface area contributed by atoms with Gasteiger partial charge in [-0.25, -0.2) is 0 Å². The number of aromatic nitrogens is 2. The van der Waals surface area contributed by atoms with Gasteiger partial charge in [0, 0.05) is 32.4 Å². The Bertz CT molecular complexity index is 758. The fraction of sp³-hybridized carbons (Fsp3) is 0.364. The highest BCUT2D eigenvalue weighted by Crippen LogP contribution is 2.19. The van der Waals surface area contributed by atoms with E-state index in [1.54, 1.807) is 0 Å². The molecule has 0 amide bonds. The maximum atomic E-state index is 4.35. The zero-order valence-electron chi connectivity index (χ0n) is 16.0. The van der Waals surface area contributed by atoms with Crippen molar-refractivity contribution < 1.29 is 0 Å². The van der Waals surface area contributed by atoms with Gasteiger partial charge in [0.05, 0.1) is 5.52 Å². The van der Waals surface area contributed by atoms with Gasteiger partial charge in [-0.05, 0) is 47.1 Å². The predicted octanol–water partition coefficient (Wildman–Crippen LogP) is 5.74. The standard InChI is InChI=1S/C11H11N.C11H17N.B/c1-2-9-7-10-5-3-4-6-11(10)12-8-9;1-8(2)10-5-11(9(3)4)7-12-6-10;/h3-8H,2H2,1H3;5-9H,1-4H3;. The van der Waals surface area contributed by atoms with E-state index >= 15 is 0 Å². The van der Waals surface area contributed by atoms with E-state index in [-0.39, 0.29) is 8.41 Å². The highest BCUT2D eigenvalue weighted by molar-refractivity contribution is 5.78. The Kier molecular flexibility index (Phi) is 8.34. The molecule has 0 aliphatic carbocycles. The topological polar surface area (TPSA) is 25.8 Å². The average molecular weight is 331 g/mol. The Hall–Kier alpha value is -2.16. The van der Waals surface area contributed by atoms with Crippen LogP contribution in [0, 0.1) is 0 Å². The zero-order chi connectivity index (χ0) is 17.5. The van der Waals surface area contributed by atoms with E-state index in [1.807, 2.05) is 36.8 Å². The molecule has 0 fully saturated rings. The lowest BCUT2D eigenvalue weighted by Gasteiger charge is -2.09. The van der Waals surface area contributed by atoms with Crippen LogP contribution in [0.3, 0.4) is 0 Å². The summed E-state index contributed by atoms with van der Waals surface area (Å²) in [6.45, 7) is 10.9. The Morgan fingerprint density at radius 2 is 1.44 bits per heavy atom. The average Bonchev–Trinajstić information content (AvgIpc) is 2.61. The third-order valence-corrected chi connectivity index (χ3v) is 4.17. The minimum Gasteiger partial charge on any atom is -0.264 e. The molecule has 0 saturated carbocycles. The molecular formula is C22H28BN2. The fourth-order valence-electron chi connectivity index (χ4n) is 2.42. The molecule has 3 rings (SSSR count). The molecule has 0 aliphatic heterocycles. The van der Waals surface area contributed by atoms with Gasteiger partial charge >= 0.3 is 0 Å². The molecule has 0 spiro atoms. The second-order valence-electron chi connectivity index (χ2n) is 6.75. The summed E-state index contributed by atoms with van der Waals surface area (Å²) in [5, 5.41) is 1.23. The van der Waals surface area contributed by atoms with Crippen LogP contribution < -0.4 is 0 Å². The van der Waals surface area contributed by atoms with E-state index in [0.717, 1.165) is 11.9 Å². The van der Waals surface area contributed by atoms with Gasteiger partial charge in [-0.1, -0.05) is 58.9 Å². The monoisotopic (exact) mass is 331 g/mol. The molecule has 3 heteroatoms. The Morgan fingerprint density at radius 3 is 2.00 bits per heavy atom. The van der Waals surface area contributed by atoms with Gasteiger partial charge in [0.1, 0.15) is 0 Å². The maximum Gasteiger partial charge on any atom is 0.0702 e. The second-order valence-corrected chi connectivity index (χ2v) is 6.75. The first kappa shape index (κ1) is 20.9. The lowest BCUT2D eigenvalue weighted by molar-refractivity contribution is 0.820. The molecule has 0 unspecified atom stereocenters. The lowest BCUT2D eigenvalue weighted by Crippen LogP contribution is -1.94. The number of hydrogen-bond donors (Lipinski definition) is 0. The molecule has 0 bridgehead atoms. The van der Waals surface area contributed by atoms with Crippen LogP contribution in [0.5, 0.6) is 0 Å². The fourth-order valence-corrected chi connectivity index (χ4v) is 2.42. The Labute approximate surface area is 154 Å². The Morgan fingerprint density at radius 1 is 0.840 bits per heavy atom. The molecule has 0 atom stereocenters. The normalized spacial score (nSPS) is 10.4. The molecule has 0 aliphatic rings. The number of benzene rings is 1. The number of pyridine rings is 2. The number of aryl methyl sites for hydroxylation is 1. The summed E-state index contributed by atoms with van der Waals surface area (Å²) in [5.41, 5.74) is 5.05. The molecule has 1 aromatic carbocycles. The summed E-state index contributed by atoms with van der Waals surface area (Å²) >= 11 is 0. The molecule has 2 aromatic heterocycles. The molecule has 129 valence electrons. The van der Waals surface area contributed by atoms with E-state index in [2.05, 4.69) is 62.8 Å². The number of rotatable bonds is 3.